The van der Waals surface area contributed by atoms with Gasteiger partial charge in [-0.1, -0.05) is 0 Å². The molecule has 0 aliphatic heterocycles. The first-order chi connectivity index (χ1) is 6.46. The highest BCUT2D eigenvalue weighted by Crippen LogP contribution is 2.37. The molecule has 1 aliphatic carbocycles. The average Bonchev–Trinajstić information content (AvgIpc) is 2.14. The zero-order chi connectivity index (χ0) is 10.8. The van der Waals surface area contributed by atoms with Gasteiger partial charge in [0.1, 0.15) is 0 Å². The third-order valence-corrected chi connectivity index (χ3v) is 2.57. The van der Waals surface area contributed by atoms with Crippen LogP contribution in [0.4, 0.5) is 8.78 Å². The van der Waals surface area contributed by atoms with Crippen molar-refractivity contribution in [2.45, 2.75) is 31.6 Å². The van der Waals surface area contributed by atoms with E-state index >= 15 is 0 Å². The van der Waals surface area contributed by atoms with Gasteiger partial charge in [-0.05, 0) is 12.8 Å². The van der Waals surface area contributed by atoms with Gasteiger partial charge >= 0.3 is 0 Å². The second-order valence-electron chi connectivity index (χ2n) is 3.67. The summed E-state index contributed by atoms with van der Waals surface area (Å²) in [5.41, 5.74) is 0. The molecule has 1 unspecified atom stereocenters. The summed E-state index contributed by atoms with van der Waals surface area (Å²) in [6.07, 6.45) is 0.482. The summed E-state index contributed by atoms with van der Waals surface area (Å²) in [6.45, 7) is 0. The molecule has 1 rings (SSSR count). The highest BCUT2D eigenvalue weighted by Gasteiger charge is 2.40. The molecule has 0 saturated heterocycles. The Balaban J connectivity index is 2.56. The number of hydrogen-bond donors (Lipinski definition) is 0. The first-order valence-corrected chi connectivity index (χ1v) is 4.66. The zero-order valence-electron chi connectivity index (χ0n) is 8.43. The Hall–Kier alpha value is -0.710. The van der Waals surface area contributed by atoms with E-state index in [0.29, 0.717) is 12.8 Å². The number of hydroxylamine groups is 2. The van der Waals surface area contributed by atoms with Gasteiger partial charge in [0.25, 0.3) is 0 Å². The van der Waals surface area contributed by atoms with Crippen LogP contribution in [0.2, 0.25) is 0 Å². The van der Waals surface area contributed by atoms with Gasteiger partial charge in [-0.3, -0.25) is 9.63 Å². The minimum Gasteiger partial charge on any atom is -0.275 e. The molecule has 0 N–H and O–H groups in total. The molecule has 0 heterocycles. The molecule has 1 amide bonds. The molecule has 3 nitrogen and oxygen atoms in total. The summed E-state index contributed by atoms with van der Waals surface area (Å²) >= 11 is 0. The van der Waals surface area contributed by atoms with Crippen molar-refractivity contribution in [3.05, 3.63) is 0 Å². The number of alkyl halides is 2. The van der Waals surface area contributed by atoms with Crippen molar-refractivity contribution in [3.63, 3.8) is 0 Å². The quantitative estimate of drug-likeness (QED) is 0.646. The molecule has 14 heavy (non-hydrogen) atoms. The number of hydrogen-bond acceptors (Lipinski definition) is 2. The maximum absolute atomic E-state index is 13.0. The lowest BCUT2D eigenvalue weighted by Crippen LogP contribution is -2.38. The molecule has 0 radical (unpaired) electrons. The lowest BCUT2D eigenvalue weighted by molar-refractivity contribution is -0.178. The van der Waals surface area contributed by atoms with E-state index in [1.165, 1.54) is 14.2 Å². The lowest BCUT2D eigenvalue weighted by atomic mass is 9.86. The third-order valence-electron chi connectivity index (χ3n) is 2.57. The van der Waals surface area contributed by atoms with E-state index in [0.717, 1.165) is 5.06 Å². The second kappa shape index (κ2) is 4.21. The Morgan fingerprint density at radius 1 is 1.57 bits per heavy atom. The van der Waals surface area contributed by atoms with Crippen molar-refractivity contribution in [2.75, 3.05) is 14.2 Å². The van der Waals surface area contributed by atoms with Crippen LogP contribution >= 0.6 is 0 Å². The van der Waals surface area contributed by atoms with Crippen LogP contribution < -0.4 is 0 Å². The smallest absolute Gasteiger partial charge is 0.249 e. The van der Waals surface area contributed by atoms with Crippen LogP contribution in [-0.2, 0) is 9.63 Å². The Morgan fingerprint density at radius 2 is 2.21 bits per heavy atom. The van der Waals surface area contributed by atoms with E-state index in [2.05, 4.69) is 4.84 Å². The van der Waals surface area contributed by atoms with E-state index in [4.69, 9.17) is 0 Å². The Morgan fingerprint density at radius 3 is 2.71 bits per heavy atom. The normalized spacial score (nSPS) is 25.9. The SMILES string of the molecule is CON(C)C(=O)C1CCCC(F)(F)C1. The third kappa shape index (κ3) is 2.64. The molecule has 0 aromatic carbocycles. The number of rotatable bonds is 2. The van der Waals surface area contributed by atoms with Crippen molar-refractivity contribution >= 4 is 5.91 Å². The van der Waals surface area contributed by atoms with Crippen LogP contribution in [0.15, 0.2) is 0 Å². The number of halogens is 2. The number of carbonyl (C=O) groups is 1. The number of nitrogens with zero attached hydrogens (tertiary/aromatic N) is 1. The van der Waals surface area contributed by atoms with Crippen molar-refractivity contribution in [3.8, 4) is 0 Å². The highest BCUT2D eigenvalue weighted by molar-refractivity contribution is 5.77. The molecule has 0 aromatic heterocycles. The van der Waals surface area contributed by atoms with E-state index in [1.54, 1.807) is 0 Å². The predicted octanol–water partition coefficient (Wildman–Crippen LogP) is 1.83. The standard InChI is InChI=1S/C9H15F2NO2/c1-12(14-2)8(13)7-4-3-5-9(10,11)6-7/h7H,3-6H2,1-2H3. The van der Waals surface area contributed by atoms with Gasteiger partial charge in [0, 0.05) is 25.8 Å². The minimum absolute atomic E-state index is 0.104. The van der Waals surface area contributed by atoms with Crippen LogP contribution in [0.1, 0.15) is 25.7 Å². The van der Waals surface area contributed by atoms with E-state index in [1.807, 2.05) is 0 Å². The fourth-order valence-electron chi connectivity index (χ4n) is 1.73. The van der Waals surface area contributed by atoms with Crippen LogP contribution in [0, 0.1) is 5.92 Å². The second-order valence-corrected chi connectivity index (χ2v) is 3.67. The van der Waals surface area contributed by atoms with Gasteiger partial charge in [0.05, 0.1) is 7.11 Å². The Bertz CT molecular complexity index is 221. The summed E-state index contributed by atoms with van der Waals surface area (Å²) < 4.78 is 25.9. The summed E-state index contributed by atoms with van der Waals surface area (Å²) in [7, 11) is 2.79. The van der Waals surface area contributed by atoms with Crippen LogP contribution in [0.5, 0.6) is 0 Å². The molecule has 5 heteroatoms. The topological polar surface area (TPSA) is 29.5 Å². The van der Waals surface area contributed by atoms with Crippen LogP contribution in [-0.4, -0.2) is 31.1 Å². The molecule has 0 spiro atoms. The van der Waals surface area contributed by atoms with Gasteiger partial charge in [-0.15, -0.1) is 0 Å². The van der Waals surface area contributed by atoms with Gasteiger partial charge in [0.2, 0.25) is 11.8 Å². The monoisotopic (exact) mass is 207 g/mol. The molecule has 0 aromatic rings. The maximum atomic E-state index is 13.0. The number of carbonyl (C=O) groups excluding carboxylic acids is 1. The van der Waals surface area contributed by atoms with Crippen molar-refractivity contribution in [1.82, 2.24) is 5.06 Å². The summed E-state index contributed by atoms with van der Waals surface area (Å²) in [4.78, 5) is 16.2. The van der Waals surface area contributed by atoms with Crippen molar-refractivity contribution < 1.29 is 18.4 Å². The summed E-state index contributed by atoms with van der Waals surface area (Å²) in [5, 5.41) is 1.02. The fraction of sp³-hybridized carbons (Fsp3) is 0.889. The first-order valence-electron chi connectivity index (χ1n) is 4.66. The first kappa shape index (κ1) is 11.4. The summed E-state index contributed by atoms with van der Waals surface area (Å²) in [5.74, 6) is -3.64. The molecule has 0 bridgehead atoms. The van der Waals surface area contributed by atoms with Crippen LogP contribution in [0.25, 0.3) is 0 Å². The van der Waals surface area contributed by atoms with Gasteiger partial charge in [0.15, 0.2) is 0 Å². The molecular weight excluding hydrogens is 192 g/mol. The maximum Gasteiger partial charge on any atom is 0.249 e. The average molecular weight is 207 g/mol. The van der Waals surface area contributed by atoms with Gasteiger partial charge in [-0.2, -0.15) is 0 Å². The summed E-state index contributed by atoms with van der Waals surface area (Å²) in [6, 6.07) is 0. The zero-order valence-corrected chi connectivity index (χ0v) is 8.43. The highest BCUT2D eigenvalue weighted by atomic mass is 19.3. The Kier molecular flexibility index (Phi) is 3.42. The van der Waals surface area contributed by atoms with Gasteiger partial charge in [-0.25, -0.2) is 13.8 Å². The molecule has 1 fully saturated rings. The molecule has 1 saturated carbocycles. The Labute approximate surface area is 82.0 Å². The van der Waals surface area contributed by atoms with E-state index in [9.17, 15) is 13.6 Å². The molecular formula is C9H15F2NO2. The molecule has 82 valence electrons. The minimum atomic E-state index is -2.69. The van der Waals surface area contributed by atoms with E-state index < -0.39 is 11.8 Å². The van der Waals surface area contributed by atoms with E-state index in [-0.39, 0.29) is 18.7 Å². The molecule has 1 atom stereocenters. The predicted molar refractivity (Wildman–Crippen MR) is 46.7 cm³/mol. The fourth-order valence-corrected chi connectivity index (χ4v) is 1.73. The van der Waals surface area contributed by atoms with Crippen LogP contribution in [0.3, 0.4) is 0 Å². The largest absolute Gasteiger partial charge is 0.275 e. The lowest BCUT2D eigenvalue weighted by Gasteiger charge is -2.29. The van der Waals surface area contributed by atoms with Crippen molar-refractivity contribution in [2.24, 2.45) is 5.92 Å². The van der Waals surface area contributed by atoms with Crippen molar-refractivity contribution in [1.29, 1.82) is 0 Å². The number of amides is 1. The molecule has 1 aliphatic rings. The van der Waals surface area contributed by atoms with Gasteiger partial charge < -0.3 is 0 Å².